The zero-order valence-electron chi connectivity index (χ0n) is 6.03. The van der Waals surface area contributed by atoms with Crippen LogP contribution < -0.4 is 0 Å². The number of fused-ring (bicyclic) bond motifs is 1. The molecule has 1 aromatic heterocycles. The van der Waals surface area contributed by atoms with E-state index in [1.165, 1.54) is 4.90 Å². The van der Waals surface area contributed by atoms with Gasteiger partial charge in [0.2, 0.25) is 0 Å². The van der Waals surface area contributed by atoms with Gasteiger partial charge >= 0.3 is 5.37 Å². The van der Waals surface area contributed by atoms with E-state index in [1.807, 2.05) is 0 Å². The van der Waals surface area contributed by atoms with E-state index >= 15 is 0 Å². The maximum absolute atomic E-state index is 10.7. The maximum Gasteiger partial charge on any atom is 0.320 e. The first kappa shape index (κ1) is 7.36. The molecule has 1 amide bonds. The van der Waals surface area contributed by atoms with E-state index in [0.717, 1.165) is 5.56 Å². The molecule has 62 valence electrons. The number of carbonyl (C=O) groups excluding carboxylic acids is 1. The van der Waals surface area contributed by atoms with Gasteiger partial charge in [-0.15, -0.1) is 0 Å². The molecule has 0 radical (unpaired) electrons. The average Bonchev–Trinajstić information content (AvgIpc) is 2.49. The summed E-state index contributed by atoms with van der Waals surface area (Å²) in [6.07, 6.45) is 4.81. The molecule has 1 aliphatic heterocycles. The Morgan fingerprint density at radius 3 is 3.33 bits per heavy atom. The summed E-state index contributed by atoms with van der Waals surface area (Å²) >= 11 is 5.27. The Bertz CT molecular complexity index is 345. The third kappa shape index (κ3) is 1.10. The van der Waals surface area contributed by atoms with Crippen LogP contribution in [0.1, 0.15) is 11.3 Å². The largest absolute Gasteiger partial charge is 0.357 e. The monoisotopic (exact) mass is 184 g/mol. The van der Waals surface area contributed by atoms with Gasteiger partial charge in [-0.25, -0.2) is 0 Å². The lowest BCUT2D eigenvalue weighted by Gasteiger charge is -2.16. The van der Waals surface area contributed by atoms with Crippen LogP contribution in [0.4, 0.5) is 4.79 Å². The molecule has 12 heavy (non-hydrogen) atoms. The standard InChI is InChI=1S/C7H5ClN2O2/c8-7(11)10-2-1-6-5(4-10)3-9-12-6/h1-3H,4H2. The van der Waals surface area contributed by atoms with Crippen molar-refractivity contribution in [2.75, 3.05) is 0 Å². The quantitative estimate of drug-likeness (QED) is 0.456. The van der Waals surface area contributed by atoms with Crippen LogP contribution in [0.5, 0.6) is 0 Å². The van der Waals surface area contributed by atoms with Gasteiger partial charge in [-0.05, 0) is 11.6 Å². The second-order valence-electron chi connectivity index (χ2n) is 2.41. The van der Waals surface area contributed by atoms with Crippen molar-refractivity contribution in [2.24, 2.45) is 0 Å². The topological polar surface area (TPSA) is 46.3 Å². The van der Waals surface area contributed by atoms with Gasteiger partial charge in [-0.3, -0.25) is 4.79 Å². The molecule has 0 fully saturated rings. The normalized spacial score (nSPS) is 14.6. The van der Waals surface area contributed by atoms with E-state index in [9.17, 15) is 4.79 Å². The van der Waals surface area contributed by atoms with E-state index in [1.54, 1.807) is 18.5 Å². The second-order valence-corrected chi connectivity index (χ2v) is 2.74. The predicted octanol–water partition coefficient (Wildman–Crippen LogP) is 1.82. The average molecular weight is 185 g/mol. The smallest absolute Gasteiger partial charge is 0.320 e. The van der Waals surface area contributed by atoms with Crippen LogP contribution in [-0.2, 0) is 6.54 Å². The van der Waals surface area contributed by atoms with Crippen LogP contribution >= 0.6 is 11.6 Å². The van der Waals surface area contributed by atoms with Gasteiger partial charge in [0.1, 0.15) is 0 Å². The van der Waals surface area contributed by atoms with Gasteiger partial charge in [0.05, 0.1) is 12.7 Å². The minimum absolute atomic E-state index is 0.428. The minimum atomic E-state index is -0.502. The minimum Gasteiger partial charge on any atom is -0.357 e. The lowest BCUT2D eigenvalue weighted by atomic mass is 10.2. The molecule has 0 bridgehead atoms. The van der Waals surface area contributed by atoms with Crippen LogP contribution in [0, 0.1) is 0 Å². The van der Waals surface area contributed by atoms with Crippen molar-refractivity contribution in [3.8, 4) is 0 Å². The van der Waals surface area contributed by atoms with Gasteiger partial charge in [-0.2, -0.15) is 0 Å². The molecule has 2 heterocycles. The summed E-state index contributed by atoms with van der Waals surface area (Å²) in [6, 6.07) is 0. The molecular formula is C7H5ClN2O2. The molecule has 0 N–H and O–H groups in total. The SMILES string of the molecule is O=C(Cl)N1C=Cc2oncc2C1. The first-order chi connectivity index (χ1) is 5.77. The zero-order chi connectivity index (χ0) is 8.55. The highest BCUT2D eigenvalue weighted by molar-refractivity contribution is 6.63. The number of carbonyl (C=O) groups is 1. The number of aromatic nitrogens is 1. The molecule has 4 nitrogen and oxygen atoms in total. The first-order valence-corrected chi connectivity index (χ1v) is 3.73. The van der Waals surface area contributed by atoms with E-state index in [-0.39, 0.29) is 0 Å². The summed E-state index contributed by atoms with van der Waals surface area (Å²) in [5.41, 5.74) is 0.867. The molecule has 2 rings (SSSR count). The Labute approximate surface area is 73.4 Å². The molecule has 0 saturated heterocycles. The van der Waals surface area contributed by atoms with Crippen molar-refractivity contribution < 1.29 is 9.32 Å². The van der Waals surface area contributed by atoms with Crippen molar-refractivity contribution in [1.29, 1.82) is 0 Å². The van der Waals surface area contributed by atoms with Crippen molar-refractivity contribution in [3.05, 3.63) is 23.7 Å². The van der Waals surface area contributed by atoms with E-state index in [0.29, 0.717) is 12.3 Å². The van der Waals surface area contributed by atoms with Gasteiger partial charge in [0.15, 0.2) is 5.76 Å². The number of hydrogen-bond donors (Lipinski definition) is 0. The first-order valence-electron chi connectivity index (χ1n) is 3.35. The molecule has 0 aliphatic carbocycles. The van der Waals surface area contributed by atoms with Gasteiger partial charge < -0.3 is 9.42 Å². The summed E-state index contributed by atoms with van der Waals surface area (Å²) in [5.74, 6) is 0.684. The molecule has 0 unspecified atom stereocenters. The molecule has 0 atom stereocenters. The number of rotatable bonds is 0. The number of amides is 1. The highest BCUT2D eigenvalue weighted by atomic mass is 35.5. The Balaban J connectivity index is 2.30. The highest BCUT2D eigenvalue weighted by Crippen LogP contribution is 2.19. The Morgan fingerprint density at radius 2 is 2.58 bits per heavy atom. The van der Waals surface area contributed by atoms with Crippen LogP contribution in [-0.4, -0.2) is 15.4 Å². The fraction of sp³-hybridized carbons (Fsp3) is 0.143. The van der Waals surface area contributed by atoms with Crippen molar-refractivity contribution in [2.45, 2.75) is 6.54 Å². The number of halogens is 1. The van der Waals surface area contributed by atoms with Crippen molar-refractivity contribution in [1.82, 2.24) is 10.1 Å². The summed E-state index contributed by atoms with van der Waals surface area (Å²) in [7, 11) is 0. The summed E-state index contributed by atoms with van der Waals surface area (Å²) in [5, 5.41) is 3.09. The molecule has 5 heteroatoms. The zero-order valence-corrected chi connectivity index (χ0v) is 6.78. The summed E-state index contributed by atoms with van der Waals surface area (Å²) < 4.78 is 4.87. The van der Waals surface area contributed by atoms with Crippen LogP contribution in [0.25, 0.3) is 6.08 Å². The molecule has 1 aliphatic rings. The summed E-state index contributed by atoms with van der Waals surface area (Å²) in [4.78, 5) is 12.1. The fourth-order valence-corrected chi connectivity index (χ4v) is 1.16. The number of nitrogens with zero attached hydrogens (tertiary/aromatic N) is 2. The predicted molar refractivity (Wildman–Crippen MR) is 42.3 cm³/mol. The van der Waals surface area contributed by atoms with E-state index in [2.05, 4.69) is 5.16 Å². The second kappa shape index (κ2) is 2.64. The lowest BCUT2D eigenvalue weighted by molar-refractivity contribution is 0.236. The van der Waals surface area contributed by atoms with Crippen molar-refractivity contribution >= 4 is 23.0 Å². The van der Waals surface area contributed by atoms with Gasteiger partial charge in [0.25, 0.3) is 0 Å². The highest BCUT2D eigenvalue weighted by Gasteiger charge is 2.17. The Morgan fingerprint density at radius 1 is 1.75 bits per heavy atom. The molecular weight excluding hydrogens is 180 g/mol. The molecule has 0 aromatic carbocycles. The lowest BCUT2D eigenvalue weighted by Crippen LogP contribution is -2.21. The maximum atomic E-state index is 10.7. The van der Waals surface area contributed by atoms with E-state index < -0.39 is 5.37 Å². The van der Waals surface area contributed by atoms with Crippen molar-refractivity contribution in [3.63, 3.8) is 0 Å². The summed E-state index contributed by atoms with van der Waals surface area (Å²) in [6.45, 7) is 0.428. The van der Waals surface area contributed by atoms with Crippen LogP contribution in [0.2, 0.25) is 0 Å². The molecule has 0 spiro atoms. The van der Waals surface area contributed by atoms with Gasteiger partial charge in [-0.1, -0.05) is 5.16 Å². The third-order valence-electron chi connectivity index (χ3n) is 1.65. The van der Waals surface area contributed by atoms with Crippen LogP contribution in [0.3, 0.4) is 0 Å². The van der Waals surface area contributed by atoms with Gasteiger partial charge in [0, 0.05) is 17.8 Å². The molecule has 0 saturated carbocycles. The third-order valence-corrected chi connectivity index (χ3v) is 1.87. The fourth-order valence-electron chi connectivity index (χ4n) is 1.04. The molecule has 1 aromatic rings. The van der Waals surface area contributed by atoms with E-state index in [4.69, 9.17) is 16.1 Å². The Kier molecular flexibility index (Phi) is 1.62. The van der Waals surface area contributed by atoms with Crippen LogP contribution in [0.15, 0.2) is 16.9 Å². The Hall–Kier alpha value is -1.29. The number of hydrogen-bond acceptors (Lipinski definition) is 3.